The second-order valence-corrected chi connectivity index (χ2v) is 6.58. The Labute approximate surface area is 163 Å². The van der Waals surface area contributed by atoms with E-state index in [9.17, 15) is 9.59 Å². The van der Waals surface area contributed by atoms with Gasteiger partial charge in [-0.05, 0) is 31.4 Å². The average molecular weight is 379 g/mol. The van der Waals surface area contributed by atoms with Gasteiger partial charge in [0.1, 0.15) is 19.0 Å². The van der Waals surface area contributed by atoms with Gasteiger partial charge in [-0.2, -0.15) is 0 Å². The van der Waals surface area contributed by atoms with Crippen LogP contribution in [0, 0.1) is 0 Å². The molecule has 1 rings (SSSR count). The van der Waals surface area contributed by atoms with Gasteiger partial charge in [0, 0.05) is 12.8 Å². The number of carbonyl (C=O) groups is 2. The fourth-order valence-electron chi connectivity index (χ4n) is 2.55. The normalized spacial score (nSPS) is 10.4. The molecular formula is C22H34O5. The van der Waals surface area contributed by atoms with Crippen LogP contribution in [-0.2, 0) is 19.1 Å². The number of hydrogen-bond acceptors (Lipinski definition) is 5. The monoisotopic (exact) mass is 378 g/mol. The molecule has 0 aliphatic heterocycles. The molecular weight excluding hydrogens is 344 g/mol. The highest BCUT2D eigenvalue weighted by Gasteiger charge is 2.04. The summed E-state index contributed by atoms with van der Waals surface area (Å²) in [5, 5.41) is 0. The Hall–Kier alpha value is -2.04. The van der Waals surface area contributed by atoms with E-state index in [4.69, 9.17) is 14.2 Å². The van der Waals surface area contributed by atoms with Crippen LogP contribution in [0.25, 0.3) is 0 Å². The minimum atomic E-state index is -0.165. The Morgan fingerprint density at radius 2 is 1.26 bits per heavy atom. The molecule has 0 heterocycles. The van der Waals surface area contributed by atoms with Gasteiger partial charge in [-0.1, -0.05) is 57.2 Å². The quantitative estimate of drug-likeness (QED) is 0.297. The molecule has 0 N–H and O–H groups in total. The lowest BCUT2D eigenvalue weighted by Crippen LogP contribution is -2.11. The van der Waals surface area contributed by atoms with Gasteiger partial charge in [0.05, 0.1) is 6.61 Å². The summed E-state index contributed by atoms with van der Waals surface area (Å²) in [6.07, 6.45) is 8.89. The standard InChI is InChI=1S/C22H34O5/c1-2-3-17-26-21(23)15-11-6-4-5-7-12-16-22(24)27-19-18-25-20-13-9-8-10-14-20/h8-10,13-14H,2-7,11-12,15-19H2,1H3. The minimum absolute atomic E-state index is 0.0811. The van der Waals surface area contributed by atoms with Gasteiger partial charge in [0.2, 0.25) is 0 Å². The van der Waals surface area contributed by atoms with Crippen molar-refractivity contribution in [2.45, 2.75) is 71.1 Å². The molecule has 0 saturated carbocycles. The van der Waals surface area contributed by atoms with E-state index in [0.29, 0.717) is 26.1 Å². The Balaban J connectivity index is 1.84. The molecule has 0 atom stereocenters. The molecule has 1 aromatic carbocycles. The van der Waals surface area contributed by atoms with Gasteiger partial charge in [-0.3, -0.25) is 9.59 Å². The molecule has 27 heavy (non-hydrogen) atoms. The van der Waals surface area contributed by atoms with Gasteiger partial charge in [-0.15, -0.1) is 0 Å². The van der Waals surface area contributed by atoms with Gasteiger partial charge in [0.25, 0.3) is 0 Å². The fraction of sp³-hybridized carbons (Fsp3) is 0.636. The van der Waals surface area contributed by atoms with Crippen LogP contribution in [0.4, 0.5) is 0 Å². The molecule has 0 spiro atoms. The highest BCUT2D eigenvalue weighted by molar-refractivity contribution is 5.69. The van der Waals surface area contributed by atoms with E-state index in [0.717, 1.165) is 57.1 Å². The molecule has 0 saturated heterocycles. The fourth-order valence-corrected chi connectivity index (χ4v) is 2.55. The molecule has 5 nitrogen and oxygen atoms in total. The zero-order chi connectivity index (χ0) is 19.6. The smallest absolute Gasteiger partial charge is 0.305 e. The molecule has 0 bridgehead atoms. The molecule has 1 aromatic rings. The zero-order valence-electron chi connectivity index (χ0n) is 16.6. The van der Waals surface area contributed by atoms with Crippen molar-refractivity contribution in [1.29, 1.82) is 0 Å². The van der Waals surface area contributed by atoms with Crippen molar-refractivity contribution in [3.63, 3.8) is 0 Å². The molecule has 0 fully saturated rings. The summed E-state index contributed by atoms with van der Waals surface area (Å²) in [6, 6.07) is 9.48. The van der Waals surface area contributed by atoms with E-state index in [2.05, 4.69) is 6.92 Å². The Morgan fingerprint density at radius 1 is 0.704 bits per heavy atom. The number of para-hydroxylation sites is 1. The average Bonchev–Trinajstić information content (AvgIpc) is 2.68. The highest BCUT2D eigenvalue weighted by Crippen LogP contribution is 2.10. The number of unbranched alkanes of at least 4 members (excludes halogenated alkanes) is 6. The number of benzene rings is 1. The molecule has 152 valence electrons. The van der Waals surface area contributed by atoms with Crippen molar-refractivity contribution in [3.05, 3.63) is 30.3 Å². The summed E-state index contributed by atoms with van der Waals surface area (Å²) < 4.78 is 15.8. The van der Waals surface area contributed by atoms with Gasteiger partial charge < -0.3 is 14.2 Å². The lowest BCUT2D eigenvalue weighted by molar-refractivity contribution is -0.145. The number of ether oxygens (including phenoxy) is 3. The first kappa shape index (κ1) is 23.0. The van der Waals surface area contributed by atoms with Crippen molar-refractivity contribution in [2.24, 2.45) is 0 Å². The third kappa shape index (κ3) is 13.8. The van der Waals surface area contributed by atoms with E-state index in [-0.39, 0.29) is 18.5 Å². The van der Waals surface area contributed by atoms with Crippen molar-refractivity contribution >= 4 is 11.9 Å². The third-order valence-corrected chi connectivity index (χ3v) is 4.13. The van der Waals surface area contributed by atoms with Crippen molar-refractivity contribution in [2.75, 3.05) is 19.8 Å². The van der Waals surface area contributed by atoms with E-state index in [1.54, 1.807) is 0 Å². The number of hydrogen-bond donors (Lipinski definition) is 0. The van der Waals surface area contributed by atoms with Crippen LogP contribution in [0.5, 0.6) is 5.75 Å². The maximum Gasteiger partial charge on any atom is 0.305 e. The topological polar surface area (TPSA) is 61.8 Å². The molecule has 0 radical (unpaired) electrons. The van der Waals surface area contributed by atoms with E-state index in [1.165, 1.54) is 0 Å². The molecule has 0 aliphatic carbocycles. The first-order valence-corrected chi connectivity index (χ1v) is 10.2. The summed E-state index contributed by atoms with van der Waals surface area (Å²) in [6.45, 7) is 3.27. The van der Waals surface area contributed by atoms with Crippen LogP contribution >= 0.6 is 0 Å². The Kier molecular flexibility index (Phi) is 13.8. The summed E-state index contributed by atoms with van der Waals surface area (Å²) in [4.78, 5) is 23.1. The predicted molar refractivity (Wildman–Crippen MR) is 106 cm³/mol. The van der Waals surface area contributed by atoms with Gasteiger partial charge in [-0.25, -0.2) is 0 Å². The minimum Gasteiger partial charge on any atom is -0.490 e. The van der Waals surface area contributed by atoms with Crippen LogP contribution in [0.1, 0.15) is 71.1 Å². The number of carbonyl (C=O) groups excluding carboxylic acids is 2. The van der Waals surface area contributed by atoms with E-state index < -0.39 is 0 Å². The van der Waals surface area contributed by atoms with Crippen LogP contribution in [0.2, 0.25) is 0 Å². The first-order valence-electron chi connectivity index (χ1n) is 10.2. The van der Waals surface area contributed by atoms with E-state index >= 15 is 0 Å². The maximum absolute atomic E-state index is 11.6. The number of esters is 2. The molecule has 0 unspecified atom stereocenters. The van der Waals surface area contributed by atoms with Crippen molar-refractivity contribution in [1.82, 2.24) is 0 Å². The second kappa shape index (κ2) is 16.2. The summed E-state index contributed by atoms with van der Waals surface area (Å²) in [5.41, 5.74) is 0. The lowest BCUT2D eigenvalue weighted by atomic mass is 10.1. The molecule has 0 amide bonds. The first-order chi connectivity index (χ1) is 13.2. The summed E-state index contributed by atoms with van der Waals surface area (Å²) >= 11 is 0. The number of rotatable bonds is 16. The van der Waals surface area contributed by atoms with Crippen LogP contribution in [0.15, 0.2) is 30.3 Å². The second-order valence-electron chi connectivity index (χ2n) is 6.58. The lowest BCUT2D eigenvalue weighted by Gasteiger charge is -2.07. The van der Waals surface area contributed by atoms with Gasteiger partial charge in [0.15, 0.2) is 0 Å². The SMILES string of the molecule is CCCCOC(=O)CCCCCCCCC(=O)OCCOc1ccccc1. The summed E-state index contributed by atoms with van der Waals surface area (Å²) in [7, 11) is 0. The van der Waals surface area contributed by atoms with E-state index in [1.807, 2.05) is 30.3 Å². The molecule has 0 aliphatic rings. The Bertz CT molecular complexity index is 501. The predicted octanol–water partition coefficient (Wildman–Crippen LogP) is 5.07. The Morgan fingerprint density at radius 3 is 1.85 bits per heavy atom. The largest absolute Gasteiger partial charge is 0.490 e. The zero-order valence-corrected chi connectivity index (χ0v) is 16.6. The molecule has 0 aromatic heterocycles. The highest BCUT2D eigenvalue weighted by atomic mass is 16.6. The third-order valence-electron chi connectivity index (χ3n) is 4.13. The van der Waals surface area contributed by atoms with Crippen LogP contribution < -0.4 is 4.74 Å². The maximum atomic E-state index is 11.6. The van der Waals surface area contributed by atoms with Crippen molar-refractivity contribution in [3.8, 4) is 5.75 Å². The van der Waals surface area contributed by atoms with Crippen LogP contribution in [0.3, 0.4) is 0 Å². The molecule has 5 heteroatoms. The van der Waals surface area contributed by atoms with Crippen LogP contribution in [-0.4, -0.2) is 31.8 Å². The summed E-state index contributed by atoms with van der Waals surface area (Å²) in [5.74, 6) is 0.534. The van der Waals surface area contributed by atoms with Gasteiger partial charge >= 0.3 is 11.9 Å². The van der Waals surface area contributed by atoms with Crippen molar-refractivity contribution < 1.29 is 23.8 Å².